The van der Waals surface area contributed by atoms with Crippen molar-refractivity contribution >= 4 is 33.6 Å². The second kappa shape index (κ2) is 5.38. The van der Waals surface area contributed by atoms with Gasteiger partial charge in [-0.1, -0.05) is 29.9 Å². The van der Waals surface area contributed by atoms with Crippen LogP contribution < -0.4 is 0 Å². The normalized spacial score (nSPS) is 11.4. The number of hydrogen-bond donors (Lipinski definition) is 1. The van der Waals surface area contributed by atoms with Gasteiger partial charge in [0.2, 0.25) is 0 Å². The minimum absolute atomic E-state index is 0.0133. The summed E-state index contributed by atoms with van der Waals surface area (Å²) in [6, 6.07) is 0. The summed E-state index contributed by atoms with van der Waals surface area (Å²) in [4.78, 5) is 4.65. The molecular weight excluding hydrogens is 180 g/mol. The molecule has 0 saturated carbocycles. The predicted molar refractivity (Wildman–Crippen MR) is 54.0 cm³/mol. The van der Waals surface area contributed by atoms with Gasteiger partial charge in [0.25, 0.3) is 0 Å². The number of hydrogen-bond acceptors (Lipinski definition) is 3. The summed E-state index contributed by atoms with van der Waals surface area (Å²) < 4.78 is 0. The third-order valence-electron chi connectivity index (χ3n) is 0.896. The smallest absolute Gasteiger partial charge is 0.134 e. The zero-order valence-electron chi connectivity index (χ0n) is 6.65. The highest BCUT2D eigenvalue weighted by Gasteiger charge is 2.00. The first-order chi connectivity index (χ1) is 5.07. The lowest BCUT2D eigenvalue weighted by atomic mass is 10.7. The van der Waals surface area contributed by atoms with E-state index in [1.807, 2.05) is 13.8 Å². The Balaban J connectivity index is 3.95. The highest BCUT2D eigenvalue weighted by atomic mass is 35.5. The van der Waals surface area contributed by atoms with Gasteiger partial charge >= 0.3 is 0 Å². The monoisotopic (exact) mass is 190 g/mol. The van der Waals surface area contributed by atoms with Crippen LogP contribution >= 0.6 is 23.4 Å². The van der Waals surface area contributed by atoms with Crippen molar-refractivity contribution in [2.45, 2.75) is 13.8 Å². The molecule has 0 heterocycles. The molecule has 0 aromatic heterocycles. The Morgan fingerprint density at radius 2 is 2.27 bits per heavy atom. The van der Waals surface area contributed by atoms with Crippen LogP contribution in [0, 0.1) is 5.41 Å². The molecule has 0 radical (unpaired) electrons. The molecule has 62 valence electrons. The Morgan fingerprint density at radius 1 is 1.73 bits per heavy atom. The van der Waals surface area contributed by atoms with E-state index in [-0.39, 0.29) is 5.17 Å². The molecule has 0 bridgehead atoms. The van der Waals surface area contributed by atoms with Gasteiger partial charge in [0, 0.05) is 11.4 Å². The van der Waals surface area contributed by atoms with Gasteiger partial charge in [-0.3, -0.25) is 10.4 Å². The maximum Gasteiger partial charge on any atom is 0.134 e. The minimum Gasteiger partial charge on any atom is -0.288 e. The Kier molecular flexibility index (Phi) is 5.24. The quantitative estimate of drug-likeness (QED) is 0.539. The van der Waals surface area contributed by atoms with Crippen LogP contribution in [0.5, 0.6) is 0 Å². The molecule has 0 atom stereocenters. The van der Waals surface area contributed by atoms with Gasteiger partial charge in [-0.2, -0.15) is 0 Å². The molecule has 0 amide bonds. The van der Waals surface area contributed by atoms with E-state index >= 15 is 0 Å². The Hall–Kier alpha value is -0.280. The predicted octanol–water partition coefficient (Wildman–Crippen LogP) is 2.89. The highest BCUT2D eigenvalue weighted by molar-refractivity contribution is 8.18. The number of halogens is 1. The summed E-state index contributed by atoms with van der Waals surface area (Å²) in [7, 11) is 0. The SMILES string of the molecule is C=C(SC(C)=NCC)C(=N)Cl. The van der Waals surface area contributed by atoms with Crippen LogP contribution in [0.25, 0.3) is 0 Å². The maximum absolute atomic E-state index is 7.02. The number of allylic oxidation sites excluding steroid dienone is 1. The minimum atomic E-state index is -0.0133. The number of nitrogens with one attached hydrogen (secondary N) is 1. The average Bonchev–Trinajstić information content (AvgIpc) is 1.87. The zero-order chi connectivity index (χ0) is 8.85. The summed E-state index contributed by atoms with van der Waals surface area (Å²) in [5, 5.41) is 7.89. The maximum atomic E-state index is 7.02. The first kappa shape index (κ1) is 10.7. The van der Waals surface area contributed by atoms with E-state index in [0.29, 0.717) is 4.91 Å². The first-order valence-electron chi connectivity index (χ1n) is 3.20. The van der Waals surface area contributed by atoms with Gasteiger partial charge in [-0.25, -0.2) is 0 Å². The molecule has 0 spiro atoms. The van der Waals surface area contributed by atoms with E-state index in [1.165, 1.54) is 11.8 Å². The van der Waals surface area contributed by atoms with Crippen molar-refractivity contribution in [2.24, 2.45) is 4.99 Å². The van der Waals surface area contributed by atoms with Crippen LogP contribution in [0.4, 0.5) is 0 Å². The molecule has 0 fully saturated rings. The average molecular weight is 191 g/mol. The molecule has 1 N–H and O–H groups in total. The van der Waals surface area contributed by atoms with Gasteiger partial charge in [-0.15, -0.1) is 0 Å². The number of rotatable bonds is 3. The van der Waals surface area contributed by atoms with E-state index in [2.05, 4.69) is 11.6 Å². The fourth-order valence-electron chi connectivity index (χ4n) is 0.478. The van der Waals surface area contributed by atoms with E-state index < -0.39 is 0 Å². The zero-order valence-corrected chi connectivity index (χ0v) is 8.22. The van der Waals surface area contributed by atoms with Gasteiger partial charge in [0.15, 0.2) is 0 Å². The van der Waals surface area contributed by atoms with E-state index in [1.54, 1.807) is 0 Å². The Morgan fingerprint density at radius 3 is 2.64 bits per heavy atom. The Bertz CT molecular complexity index is 199. The van der Waals surface area contributed by atoms with Crippen LogP contribution in [0.15, 0.2) is 16.5 Å². The fourth-order valence-corrected chi connectivity index (χ4v) is 1.23. The van der Waals surface area contributed by atoms with Crippen LogP contribution in [0.2, 0.25) is 0 Å². The molecule has 4 heteroatoms. The van der Waals surface area contributed by atoms with E-state index in [4.69, 9.17) is 17.0 Å². The lowest BCUT2D eigenvalue weighted by molar-refractivity contribution is 1.13. The number of aliphatic imine (C=N–C) groups is 1. The molecular formula is C7H11ClN2S. The largest absolute Gasteiger partial charge is 0.288 e. The lowest BCUT2D eigenvalue weighted by Crippen LogP contribution is -1.91. The Labute approximate surface area is 76.2 Å². The van der Waals surface area contributed by atoms with Crippen LogP contribution in [-0.2, 0) is 0 Å². The molecule has 0 unspecified atom stereocenters. The molecule has 2 nitrogen and oxygen atoms in total. The van der Waals surface area contributed by atoms with Crippen molar-refractivity contribution in [3.8, 4) is 0 Å². The van der Waals surface area contributed by atoms with Crippen molar-refractivity contribution in [3.05, 3.63) is 11.5 Å². The molecule has 0 saturated heterocycles. The van der Waals surface area contributed by atoms with Crippen molar-refractivity contribution in [2.75, 3.05) is 6.54 Å². The third-order valence-corrected chi connectivity index (χ3v) is 2.11. The van der Waals surface area contributed by atoms with E-state index in [9.17, 15) is 0 Å². The van der Waals surface area contributed by atoms with Crippen molar-refractivity contribution in [1.29, 1.82) is 5.41 Å². The summed E-state index contributed by atoms with van der Waals surface area (Å²) in [6.07, 6.45) is 0. The first-order valence-corrected chi connectivity index (χ1v) is 4.39. The summed E-state index contributed by atoms with van der Waals surface area (Å²) in [5.74, 6) is 0. The third kappa shape index (κ3) is 5.04. The lowest BCUT2D eigenvalue weighted by Gasteiger charge is -1.99. The molecule has 0 aliphatic carbocycles. The summed E-state index contributed by atoms with van der Waals surface area (Å²) in [5.41, 5.74) is 0. The topological polar surface area (TPSA) is 36.2 Å². The van der Waals surface area contributed by atoms with Gasteiger partial charge in [0.05, 0.1) is 5.04 Å². The van der Waals surface area contributed by atoms with E-state index in [0.717, 1.165) is 11.6 Å². The summed E-state index contributed by atoms with van der Waals surface area (Å²) >= 11 is 6.71. The van der Waals surface area contributed by atoms with Crippen LogP contribution in [0.3, 0.4) is 0 Å². The van der Waals surface area contributed by atoms with Crippen LogP contribution in [0.1, 0.15) is 13.8 Å². The molecule has 0 aromatic carbocycles. The second-order valence-corrected chi connectivity index (χ2v) is 3.50. The molecule has 11 heavy (non-hydrogen) atoms. The standard InChI is InChI=1S/C7H11ClN2S/c1-4-10-6(3)11-5(2)7(8)9/h9H,2,4H2,1,3H3. The van der Waals surface area contributed by atoms with Crippen LogP contribution in [-0.4, -0.2) is 16.8 Å². The summed E-state index contributed by atoms with van der Waals surface area (Å²) in [6.45, 7) is 8.19. The molecule has 0 aromatic rings. The number of thioether (sulfide) groups is 1. The van der Waals surface area contributed by atoms with Crippen molar-refractivity contribution in [3.63, 3.8) is 0 Å². The molecule has 0 aliphatic heterocycles. The highest BCUT2D eigenvalue weighted by Crippen LogP contribution is 2.17. The second-order valence-electron chi connectivity index (χ2n) is 1.83. The fraction of sp³-hybridized carbons (Fsp3) is 0.429. The molecule has 0 aliphatic rings. The number of nitrogens with zero attached hydrogens (tertiary/aromatic N) is 1. The van der Waals surface area contributed by atoms with Gasteiger partial charge in [-0.05, 0) is 13.8 Å². The van der Waals surface area contributed by atoms with Gasteiger partial charge in [0.1, 0.15) is 5.17 Å². The van der Waals surface area contributed by atoms with Crippen molar-refractivity contribution < 1.29 is 0 Å². The van der Waals surface area contributed by atoms with Crippen molar-refractivity contribution in [1.82, 2.24) is 0 Å². The molecule has 0 rings (SSSR count). The van der Waals surface area contributed by atoms with Gasteiger partial charge < -0.3 is 0 Å².